The topological polar surface area (TPSA) is 59.2 Å². The third kappa shape index (κ3) is 4.95. The molecule has 1 aromatic carbocycles. The molecule has 0 unspecified atom stereocenters. The van der Waals surface area contributed by atoms with Gasteiger partial charge in [0, 0.05) is 32.4 Å². The van der Waals surface area contributed by atoms with Gasteiger partial charge in [0.15, 0.2) is 5.82 Å². The maximum Gasteiger partial charge on any atom is 0.226 e. The van der Waals surface area contributed by atoms with Crippen LogP contribution in [0.3, 0.4) is 0 Å². The number of carbonyl (C=O) groups excluding carboxylic acids is 1. The Morgan fingerprint density at radius 1 is 1.33 bits per heavy atom. The summed E-state index contributed by atoms with van der Waals surface area (Å²) >= 11 is 12.2. The molecule has 0 aliphatic carbocycles. The van der Waals surface area contributed by atoms with Gasteiger partial charge in [-0.1, -0.05) is 54.3 Å². The van der Waals surface area contributed by atoms with E-state index in [0.29, 0.717) is 47.6 Å². The smallest absolute Gasteiger partial charge is 0.226 e. The highest BCUT2D eigenvalue weighted by atomic mass is 35.5. The first kappa shape index (κ1) is 18.7. The molecule has 0 saturated heterocycles. The maximum atomic E-state index is 12.2. The van der Waals surface area contributed by atoms with E-state index in [2.05, 4.69) is 10.1 Å². The lowest BCUT2D eigenvalue weighted by Crippen LogP contribution is -2.26. The van der Waals surface area contributed by atoms with Crippen molar-refractivity contribution in [3.05, 3.63) is 45.5 Å². The first-order chi connectivity index (χ1) is 11.4. The monoisotopic (exact) mass is 369 g/mol. The van der Waals surface area contributed by atoms with Crippen LogP contribution in [0.25, 0.3) is 0 Å². The molecule has 7 heteroatoms. The number of aryl methyl sites for hydroxylation is 1. The summed E-state index contributed by atoms with van der Waals surface area (Å²) in [5.41, 5.74) is 0.832. The minimum atomic E-state index is 0.0367. The van der Waals surface area contributed by atoms with Crippen LogP contribution < -0.4 is 0 Å². The normalized spacial score (nSPS) is 11.1. The zero-order chi connectivity index (χ0) is 17.7. The molecule has 2 aromatic rings. The summed E-state index contributed by atoms with van der Waals surface area (Å²) in [6.45, 7) is 4.44. The number of amides is 1. The lowest BCUT2D eigenvalue weighted by atomic mass is 10.2. The van der Waals surface area contributed by atoms with Crippen molar-refractivity contribution in [3.8, 4) is 0 Å². The minimum Gasteiger partial charge on any atom is -0.341 e. The van der Waals surface area contributed by atoms with E-state index < -0.39 is 0 Å². The molecule has 0 bridgehead atoms. The van der Waals surface area contributed by atoms with E-state index in [9.17, 15) is 4.79 Å². The molecule has 24 heavy (non-hydrogen) atoms. The van der Waals surface area contributed by atoms with Gasteiger partial charge in [0.05, 0.1) is 10.0 Å². The SMILES string of the molecule is CC(C)c1noc(CCCC(=O)N(C)Cc2cccc(Cl)c2Cl)n1. The van der Waals surface area contributed by atoms with Gasteiger partial charge in [-0.15, -0.1) is 0 Å². The van der Waals surface area contributed by atoms with Crippen LogP contribution in [0.15, 0.2) is 22.7 Å². The maximum absolute atomic E-state index is 12.2. The van der Waals surface area contributed by atoms with Gasteiger partial charge in [0.25, 0.3) is 0 Å². The van der Waals surface area contributed by atoms with E-state index in [1.54, 1.807) is 18.0 Å². The second kappa shape index (κ2) is 8.49. The van der Waals surface area contributed by atoms with Crippen molar-refractivity contribution in [1.82, 2.24) is 15.0 Å². The second-order valence-corrected chi connectivity index (χ2v) is 6.80. The summed E-state index contributed by atoms with van der Waals surface area (Å²) in [7, 11) is 1.75. The number of halogens is 2. The molecule has 0 aliphatic rings. The highest BCUT2D eigenvalue weighted by Crippen LogP contribution is 2.26. The summed E-state index contributed by atoms with van der Waals surface area (Å²) in [4.78, 5) is 18.2. The number of hydrogen-bond donors (Lipinski definition) is 0. The molecule has 5 nitrogen and oxygen atoms in total. The van der Waals surface area contributed by atoms with Crippen molar-refractivity contribution >= 4 is 29.1 Å². The van der Waals surface area contributed by atoms with Gasteiger partial charge in [0.2, 0.25) is 11.8 Å². The molecule has 1 heterocycles. The molecule has 0 saturated carbocycles. The molecule has 0 N–H and O–H groups in total. The van der Waals surface area contributed by atoms with E-state index in [1.165, 1.54) is 0 Å². The molecule has 0 fully saturated rings. The van der Waals surface area contributed by atoms with Crippen molar-refractivity contribution in [2.45, 2.75) is 45.6 Å². The molecular formula is C17H21Cl2N3O2. The minimum absolute atomic E-state index is 0.0367. The van der Waals surface area contributed by atoms with Crippen LogP contribution in [0.2, 0.25) is 10.0 Å². The predicted molar refractivity (Wildman–Crippen MR) is 94.3 cm³/mol. The molecule has 1 amide bonds. The summed E-state index contributed by atoms with van der Waals surface area (Å²) < 4.78 is 5.17. The van der Waals surface area contributed by atoms with Gasteiger partial charge in [-0.3, -0.25) is 4.79 Å². The van der Waals surface area contributed by atoms with Gasteiger partial charge >= 0.3 is 0 Å². The van der Waals surface area contributed by atoms with Gasteiger partial charge in [-0.05, 0) is 18.1 Å². The average molecular weight is 370 g/mol. The molecule has 0 aliphatic heterocycles. The fraction of sp³-hybridized carbons (Fsp3) is 0.471. The summed E-state index contributed by atoms with van der Waals surface area (Å²) in [6, 6.07) is 5.42. The van der Waals surface area contributed by atoms with E-state index in [-0.39, 0.29) is 11.8 Å². The highest BCUT2D eigenvalue weighted by molar-refractivity contribution is 6.42. The predicted octanol–water partition coefficient (Wildman–Crippen LogP) is 4.48. The Balaban J connectivity index is 1.82. The molecule has 0 atom stereocenters. The standard InChI is InChI=1S/C17H21Cl2N3O2/c1-11(2)17-20-14(24-21-17)8-5-9-15(23)22(3)10-12-6-4-7-13(18)16(12)19/h4,6-7,11H,5,8-10H2,1-3H3. The zero-order valence-electron chi connectivity index (χ0n) is 14.1. The van der Waals surface area contributed by atoms with Crippen molar-refractivity contribution in [2.24, 2.45) is 0 Å². The molecule has 2 rings (SSSR count). The number of carbonyl (C=O) groups is 1. The number of nitrogens with zero attached hydrogens (tertiary/aromatic N) is 3. The van der Waals surface area contributed by atoms with Crippen molar-refractivity contribution in [3.63, 3.8) is 0 Å². The first-order valence-electron chi connectivity index (χ1n) is 7.87. The fourth-order valence-electron chi connectivity index (χ4n) is 2.20. The number of aromatic nitrogens is 2. The van der Waals surface area contributed by atoms with E-state index >= 15 is 0 Å². The number of rotatable bonds is 7. The van der Waals surface area contributed by atoms with E-state index in [0.717, 1.165) is 5.56 Å². The fourth-order valence-corrected chi connectivity index (χ4v) is 2.58. The van der Waals surface area contributed by atoms with E-state index in [4.69, 9.17) is 27.7 Å². The highest BCUT2D eigenvalue weighted by Gasteiger charge is 2.14. The second-order valence-electron chi connectivity index (χ2n) is 6.02. The van der Waals surface area contributed by atoms with Gasteiger partial charge < -0.3 is 9.42 Å². The van der Waals surface area contributed by atoms with Crippen molar-refractivity contribution in [1.29, 1.82) is 0 Å². The lowest BCUT2D eigenvalue weighted by Gasteiger charge is -2.18. The average Bonchev–Trinajstić information content (AvgIpc) is 3.01. The molecule has 1 aromatic heterocycles. The van der Waals surface area contributed by atoms with Crippen LogP contribution in [-0.4, -0.2) is 28.0 Å². The first-order valence-corrected chi connectivity index (χ1v) is 8.63. The van der Waals surface area contributed by atoms with Gasteiger partial charge in [-0.25, -0.2) is 0 Å². The van der Waals surface area contributed by atoms with Gasteiger partial charge in [0.1, 0.15) is 0 Å². The lowest BCUT2D eigenvalue weighted by molar-refractivity contribution is -0.130. The Bertz CT molecular complexity index is 701. The summed E-state index contributed by atoms with van der Waals surface area (Å²) in [5.74, 6) is 1.54. The molecule has 0 radical (unpaired) electrons. The largest absolute Gasteiger partial charge is 0.341 e. The number of benzene rings is 1. The summed E-state index contributed by atoms with van der Waals surface area (Å²) in [6.07, 6.45) is 1.66. The van der Waals surface area contributed by atoms with Crippen LogP contribution in [0.1, 0.15) is 49.9 Å². The Morgan fingerprint density at radius 3 is 2.75 bits per heavy atom. The molecule has 130 valence electrons. The number of hydrogen-bond acceptors (Lipinski definition) is 4. The molecule has 0 spiro atoms. The van der Waals surface area contributed by atoms with Crippen LogP contribution in [-0.2, 0) is 17.8 Å². The van der Waals surface area contributed by atoms with Crippen LogP contribution in [0.5, 0.6) is 0 Å². The van der Waals surface area contributed by atoms with Crippen LogP contribution in [0, 0.1) is 0 Å². The zero-order valence-corrected chi connectivity index (χ0v) is 15.6. The molecular weight excluding hydrogens is 349 g/mol. The summed E-state index contributed by atoms with van der Waals surface area (Å²) in [5, 5.41) is 4.90. The van der Waals surface area contributed by atoms with Crippen LogP contribution >= 0.6 is 23.2 Å². The van der Waals surface area contributed by atoms with E-state index in [1.807, 2.05) is 26.0 Å². The Labute approximate surface area is 151 Å². The third-order valence-electron chi connectivity index (χ3n) is 3.65. The van der Waals surface area contributed by atoms with Crippen molar-refractivity contribution in [2.75, 3.05) is 7.05 Å². The Hall–Kier alpha value is -1.59. The van der Waals surface area contributed by atoms with Crippen LogP contribution in [0.4, 0.5) is 0 Å². The Morgan fingerprint density at radius 2 is 2.08 bits per heavy atom. The quantitative estimate of drug-likeness (QED) is 0.721. The van der Waals surface area contributed by atoms with Gasteiger partial charge in [-0.2, -0.15) is 4.98 Å². The van der Waals surface area contributed by atoms with Crippen molar-refractivity contribution < 1.29 is 9.32 Å². The Kier molecular flexibility index (Phi) is 6.63. The third-order valence-corrected chi connectivity index (χ3v) is 4.50.